The molecule has 0 nitrogen and oxygen atoms in total. The van der Waals surface area contributed by atoms with Crippen molar-refractivity contribution in [1.29, 1.82) is 0 Å². The zero-order chi connectivity index (χ0) is 15.6. The van der Waals surface area contributed by atoms with Gasteiger partial charge in [-0.1, -0.05) is 50.1 Å². The van der Waals surface area contributed by atoms with Gasteiger partial charge in [-0.15, -0.1) is 31.8 Å². The Kier molecular flexibility index (Phi) is 7.61. The van der Waals surface area contributed by atoms with Crippen LogP contribution >= 0.6 is 40.4 Å². The van der Waals surface area contributed by atoms with Crippen molar-refractivity contribution in [2.45, 2.75) is 70.0 Å². The van der Waals surface area contributed by atoms with Gasteiger partial charge >= 0.3 is 0 Å². The van der Waals surface area contributed by atoms with Gasteiger partial charge in [-0.2, -0.15) is 0 Å². The Hall–Kier alpha value is 1.44. The van der Waals surface area contributed by atoms with Crippen molar-refractivity contribution in [3.05, 3.63) is 0 Å². The summed E-state index contributed by atoms with van der Waals surface area (Å²) in [6.07, 6.45) is 4.76. The lowest BCUT2D eigenvalue weighted by Gasteiger charge is -2.55. The smallest absolute Gasteiger partial charge is 0.0786 e. The van der Waals surface area contributed by atoms with E-state index in [1.165, 1.54) is 12.6 Å². The predicted octanol–water partition coefficient (Wildman–Crippen LogP) is 6.39. The van der Waals surface area contributed by atoms with Crippen LogP contribution in [0.15, 0.2) is 0 Å². The van der Waals surface area contributed by atoms with Crippen molar-refractivity contribution in [1.82, 2.24) is 0 Å². The first-order valence-electron chi connectivity index (χ1n) is 8.04. The quantitative estimate of drug-likeness (QED) is 0.382. The van der Waals surface area contributed by atoms with Crippen molar-refractivity contribution >= 4 is 40.4 Å². The van der Waals surface area contributed by atoms with Crippen molar-refractivity contribution in [3.63, 3.8) is 0 Å². The zero-order valence-corrected chi connectivity index (χ0v) is 17.4. The second kappa shape index (κ2) is 7.81. The van der Waals surface area contributed by atoms with E-state index in [2.05, 4.69) is 41.5 Å². The molecule has 0 spiro atoms. The van der Waals surface area contributed by atoms with Gasteiger partial charge in [-0.25, -0.2) is 0 Å². The maximum absolute atomic E-state index is 7.11. The van der Waals surface area contributed by atoms with E-state index in [-0.39, 0.29) is 9.99 Å². The number of rotatable bonds is 6. The topological polar surface area (TPSA) is 0 Å². The SMILES string of the molecule is CCPC1CC(C(C)C)(C(C)C)CC(Cl)(PCC)C1Cl. The van der Waals surface area contributed by atoms with E-state index in [9.17, 15) is 0 Å². The second-order valence-corrected chi connectivity index (χ2v) is 12.2. The molecule has 0 bridgehead atoms. The molecule has 0 aromatic heterocycles. The van der Waals surface area contributed by atoms with Crippen LogP contribution in [-0.2, 0) is 0 Å². The molecule has 0 radical (unpaired) electrons. The molecule has 1 saturated carbocycles. The summed E-state index contributed by atoms with van der Waals surface area (Å²) in [5, 5.41) is 0.159. The monoisotopic (exact) mass is 356 g/mol. The van der Waals surface area contributed by atoms with Crippen LogP contribution in [0.3, 0.4) is 0 Å². The maximum atomic E-state index is 7.11. The highest BCUT2D eigenvalue weighted by atomic mass is 35.5. The number of hydrogen-bond donors (Lipinski definition) is 0. The molecule has 0 aromatic carbocycles. The summed E-state index contributed by atoms with van der Waals surface area (Å²) < 4.78 is -0.171. The Morgan fingerprint density at radius 2 is 1.65 bits per heavy atom. The molecule has 5 atom stereocenters. The van der Waals surface area contributed by atoms with Gasteiger partial charge in [0.15, 0.2) is 0 Å². The number of alkyl halides is 2. The lowest BCUT2D eigenvalue weighted by atomic mass is 9.60. The third kappa shape index (κ3) is 3.85. The summed E-state index contributed by atoms with van der Waals surface area (Å²) in [5.74, 6) is 1.35. The molecule has 0 amide bonds. The van der Waals surface area contributed by atoms with Crippen LogP contribution in [0, 0.1) is 17.3 Å². The molecule has 0 heterocycles. The lowest BCUT2D eigenvalue weighted by molar-refractivity contribution is 0.0588. The Balaban J connectivity index is 3.16. The molecular weight excluding hydrogens is 325 g/mol. The zero-order valence-electron chi connectivity index (χ0n) is 13.9. The molecule has 5 unspecified atom stereocenters. The first kappa shape index (κ1) is 19.5. The van der Waals surface area contributed by atoms with Crippen molar-refractivity contribution < 1.29 is 0 Å². The fraction of sp³-hybridized carbons (Fsp3) is 1.00. The van der Waals surface area contributed by atoms with Crippen LogP contribution in [0.4, 0.5) is 0 Å². The lowest BCUT2D eigenvalue weighted by Crippen LogP contribution is -2.52. The summed E-state index contributed by atoms with van der Waals surface area (Å²) in [7, 11) is 1.73. The number of hydrogen-bond acceptors (Lipinski definition) is 0. The summed E-state index contributed by atoms with van der Waals surface area (Å²) >= 11 is 14.0. The Bertz CT molecular complexity index is 299. The van der Waals surface area contributed by atoms with Crippen LogP contribution in [0.5, 0.6) is 0 Å². The van der Waals surface area contributed by atoms with Crippen LogP contribution in [-0.4, -0.2) is 28.0 Å². The maximum Gasteiger partial charge on any atom is 0.0786 e. The molecular formula is C16H32Cl2P2. The predicted molar refractivity (Wildman–Crippen MR) is 101 cm³/mol. The van der Waals surface area contributed by atoms with E-state index >= 15 is 0 Å². The van der Waals surface area contributed by atoms with Crippen LogP contribution in [0.2, 0.25) is 0 Å². The van der Waals surface area contributed by atoms with Gasteiger partial charge in [0.25, 0.3) is 0 Å². The number of halogens is 2. The van der Waals surface area contributed by atoms with Crippen molar-refractivity contribution in [2.75, 3.05) is 12.3 Å². The minimum Gasteiger partial charge on any atom is -0.120 e. The average Bonchev–Trinajstić information content (AvgIpc) is 2.34. The first-order chi connectivity index (χ1) is 9.23. The van der Waals surface area contributed by atoms with Gasteiger partial charge in [-0.3, -0.25) is 0 Å². The molecule has 1 aliphatic rings. The van der Waals surface area contributed by atoms with E-state index in [0.717, 1.165) is 29.7 Å². The fourth-order valence-corrected chi connectivity index (χ4v) is 8.64. The summed E-state index contributed by atoms with van der Waals surface area (Å²) in [6, 6.07) is 0. The summed E-state index contributed by atoms with van der Waals surface area (Å²) in [5.41, 5.74) is 0.971. The minimum atomic E-state index is -0.171. The summed E-state index contributed by atoms with van der Waals surface area (Å²) in [4.78, 5) is 0. The van der Waals surface area contributed by atoms with Crippen LogP contribution in [0.25, 0.3) is 0 Å². The molecule has 0 aliphatic heterocycles. The summed E-state index contributed by atoms with van der Waals surface area (Å²) in [6.45, 7) is 14.0. The highest BCUT2D eigenvalue weighted by molar-refractivity contribution is 7.43. The highest BCUT2D eigenvalue weighted by Gasteiger charge is 2.54. The molecule has 0 saturated heterocycles. The van der Waals surface area contributed by atoms with Crippen molar-refractivity contribution in [2.24, 2.45) is 17.3 Å². The Morgan fingerprint density at radius 3 is 2.05 bits per heavy atom. The molecule has 4 heteroatoms. The third-order valence-corrected chi connectivity index (χ3v) is 10.1. The normalized spacial score (nSPS) is 35.1. The van der Waals surface area contributed by atoms with Crippen LogP contribution in [0.1, 0.15) is 54.4 Å². The van der Waals surface area contributed by atoms with E-state index in [1.54, 1.807) is 0 Å². The van der Waals surface area contributed by atoms with Gasteiger partial charge in [0.1, 0.15) is 0 Å². The van der Waals surface area contributed by atoms with Gasteiger partial charge in [0.05, 0.1) is 9.99 Å². The van der Waals surface area contributed by atoms with Gasteiger partial charge < -0.3 is 0 Å². The van der Waals surface area contributed by atoms with Gasteiger partial charge in [0.2, 0.25) is 0 Å². The Labute approximate surface area is 140 Å². The van der Waals surface area contributed by atoms with Crippen LogP contribution < -0.4 is 0 Å². The molecule has 1 fully saturated rings. The van der Waals surface area contributed by atoms with E-state index in [0.29, 0.717) is 22.9 Å². The fourth-order valence-electron chi connectivity index (χ4n) is 3.92. The third-order valence-electron chi connectivity index (χ3n) is 5.21. The molecule has 120 valence electrons. The van der Waals surface area contributed by atoms with Crippen molar-refractivity contribution in [3.8, 4) is 0 Å². The van der Waals surface area contributed by atoms with E-state index in [4.69, 9.17) is 23.2 Å². The molecule has 1 rings (SSSR count). The Morgan fingerprint density at radius 1 is 1.10 bits per heavy atom. The van der Waals surface area contributed by atoms with Gasteiger partial charge in [-0.05, 0) is 48.1 Å². The molecule has 1 aliphatic carbocycles. The average molecular weight is 357 g/mol. The van der Waals surface area contributed by atoms with E-state index in [1.807, 2.05) is 0 Å². The van der Waals surface area contributed by atoms with E-state index < -0.39 is 0 Å². The first-order valence-corrected chi connectivity index (χ1v) is 11.4. The molecule has 0 N–H and O–H groups in total. The highest BCUT2D eigenvalue weighted by Crippen LogP contribution is 2.62. The molecule has 0 aromatic rings. The standard InChI is InChI=1S/C16H32Cl2P2/c1-7-19-13-9-15(11(3)4,12(5)6)10-16(18,14(13)17)20-8-2/h11-14,19-20H,7-10H2,1-6H3. The second-order valence-electron chi connectivity index (χ2n) is 6.88. The largest absolute Gasteiger partial charge is 0.120 e. The minimum absolute atomic E-state index is 0.159. The molecule has 20 heavy (non-hydrogen) atoms. The van der Waals surface area contributed by atoms with Gasteiger partial charge in [0, 0.05) is 0 Å².